The molecule has 0 saturated carbocycles. The van der Waals surface area contributed by atoms with Crippen LogP contribution >= 0.6 is 0 Å². The zero-order valence-corrected chi connectivity index (χ0v) is 15.6. The van der Waals surface area contributed by atoms with E-state index in [1.165, 1.54) is 18.6 Å². The first-order chi connectivity index (χ1) is 12.5. The minimum Gasteiger partial charge on any atom is -0.353 e. The van der Waals surface area contributed by atoms with Crippen LogP contribution in [0.4, 0.5) is 0 Å². The van der Waals surface area contributed by atoms with Crippen molar-refractivity contribution in [3.8, 4) is 0 Å². The number of amides is 2. The Morgan fingerprint density at radius 1 is 1.12 bits per heavy atom. The van der Waals surface area contributed by atoms with Crippen LogP contribution in [0.15, 0.2) is 48.9 Å². The van der Waals surface area contributed by atoms with E-state index in [4.69, 9.17) is 0 Å². The van der Waals surface area contributed by atoms with Gasteiger partial charge in [-0.1, -0.05) is 44.2 Å². The lowest BCUT2D eigenvalue weighted by molar-refractivity contribution is -0.122. The molecule has 0 unspecified atom stereocenters. The SMILES string of the molecule is CC(C)[C@@H](C)NC(=O)CCN(Cc1ccccc1)C(=O)c1cnccn1. The summed E-state index contributed by atoms with van der Waals surface area (Å²) in [7, 11) is 0. The van der Waals surface area contributed by atoms with Gasteiger partial charge in [-0.15, -0.1) is 0 Å². The third-order valence-electron chi connectivity index (χ3n) is 4.28. The maximum absolute atomic E-state index is 12.8. The fraction of sp³-hybridized carbons (Fsp3) is 0.400. The summed E-state index contributed by atoms with van der Waals surface area (Å²) in [5.41, 5.74) is 1.28. The zero-order valence-electron chi connectivity index (χ0n) is 15.6. The molecule has 138 valence electrons. The molecule has 0 radical (unpaired) electrons. The summed E-state index contributed by atoms with van der Waals surface area (Å²) in [6, 6.07) is 9.80. The second-order valence-electron chi connectivity index (χ2n) is 6.65. The Morgan fingerprint density at radius 3 is 2.46 bits per heavy atom. The van der Waals surface area contributed by atoms with Crippen LogP contribution in [0.5, 0.6) is 0 Å². The number of carbonyl (C=O) groups excluding carboxylic acids is 2. The van der Waals surface area contributed by atoms with E-state index in [1.54, 1.807) is 4.90 Å². The Kier molecular flexibility index (Phi) is 7.26. The van der Waals surface area contributed by atoms with Crippen LogP contribution in [0.3, 0.4) is 0 Å². The van der Waals surface area contributed by atoms with Gasteiger partial charge < -0.3 is 10.2 Å². The standard InChI is InChI=1S/C20H26N4O2/c1-15(2)16(3)23-19(25)9-12-24(14-17-7-5-4-6-8-17)20(26)18-13-21-10-11-22-18/h4-8,10-11,13,15-16H,9,12,14H2,1-3H3,(H,23,25)/t16-/m1/s1. The van der Waals surface area contributed by atoms with E-state index in [-0.39, 0.29) is 30.0 Å². The van der Waals surface area contributed by atoms with Crippen molar-refractivity contribution >= 4 is 11.8 Å². The Labute approximate surface area is 154 Å². The molecule has 0 aliphatic rings. The molecule has 0 spiro atoms. The summed E-state index contributed by atoms with van der Waals surface area (Å²) in [5, 5.41) is 2.97. The fourth-order valence-electron chi connectivity index (χ4n) is 2.36. The number of aromatic nitrogens is 2. The van der Waals surface area contributed by atoms with Crippen LogP contribution in [0.2, 0.25) is 0 Å². The van der Waals surface area contributed by atoms with E-state index in [9.17, 15) is 9.59 Å². The van der Waals surface area contributed by atoms with Crippen LogP contribution in [0, 0.1) is 5.92 Å². The van der Waals surface area contributed by atoms with Crippen molar-refractivity contribution in [3.63, 3.8) is 0 Å². The Bertz CT molecular complexity index is 704. The van der Waals surface area contributed by atoms with Crippen LogP contribution in [0.1, 0.15) is 43.2 Å². The maximum Gasteiger partial charge on any atom is 0.274 e. The van der Waals surface area contributed by atoms with Crippen molar-refractivity contribution in [2.24, 2.45) is 5.92 Å². The molecule has 0 aliphatic heterocycles. The van der Waals surface area contributed by atoms with Gasteiger partial charge in [0.2, 0.25) is 5.91 Å². The van der Waals surface area contributed by atoms with E-state index >= 15 is 0 Å². The van der Waals surface area contributed by atoms with Gasteiger partial charge in [0, 0.05) is 37.9 Å². The number of hydrogen-bond acceptors (Lipinski definition) is 4. The van der Waals surface area contributed by atoms with Gasteiger partial charge >= 0.3 is 0 Å². The van der Waals surface area contributed by atoms with Gasteiger partial charge in [0.25, 0.3) is 5.91 Å². The molecule has 6 nitrogen and oxygen atoms in total. The van der Waals surface area contributed by atoms with Crippen molar-refractivity contribution in [1.82, 2.24) is 20.2 Å². The highest BCUT2D eigenvalue weighted by molar-refractivity contribution is 5.92. The summed E-state index contributed by atoms with van der Waals surface area (Å²) >= 11 is 0. The molecule has 0 fully saturated rings. The molecule has 26 heavy (non-hydrogen) atoms. The molecular formula is C20H26N4O2. The van der Waals surface area contributed by atoms with Crippen LogP contribution in [0.25, 0.3) is 0 Å². The normalized spacial score (nSPS) is 11.8. The van der Waals surface area contributed by atoms with Crippen molar-refractivity contribution in [2.45, 2.75) is 39.8 Å². The predicted octanol–water partition coefficient (Wildman–Crippen LogP) is 2.67. The van der Waals surface area contributed by atoms with Crippen LogP contribution in [-0.4, -0.2) is 39.3 Å². The van der Waals surface area contributed by atoms with Crippen LogP contribution < -0.4 is 5.32 Å². The van der Waals surface area contributed by atoms with Gasteiger partial charge in [-0.2, -0.15) is 0 Å². The van der Waals surface area contributed by atoms with E-state index < -0.39 is 0 Å². The highest BCUT2D eigenvalue weighted by Gasteiger charge is 2.19. The molecule has 2 rings (SSSR count). The van der Waals surface area contributed by atoms with E-state index in [2.05, 4.69) is 29.1 Å². The number of nitrogens with zero attached hydrogens (tertiary/aromatic N) is 3. The first-order valence-electron chi connectivity index (χ1n) is 8.86. The lowest BCUT2D eigenvalue weighted by Crippen LogP contribution is -2.39. The minimum absolute atomic E-state index is 0.0591. The predicted molar refractivity (Wildman–Crippen MR) is 100 cm³/mol. The van der Waals surface area contributed by atoms with Gasteiger partial charge in [0.05, 0.1) is 6.20 Å². The highest BCUT2D eigenvalue weighted by atomic mass is 16.2. The average molecular weight is 354 g/mol. The molecule has 2 amide bonds. The molecule has 1 heterocycles. The van der Waals surface area contributed by atoms with Crippen LogP contribution in [-0.2, 0) is 11.3 Å². The number of rotatable bonds is 8. The van der Waals surface area contributed by atoms with Gasteiger partial charge in [-0.05, 0) is 18.4 Å². The maximum atomic E-state index is 12.8. The summed E-state index contributed by atoms with van der Waals surface area (Å²) in [5.74, 6) is 0.0727. The minimum atomic E-state index is -0.230. The molecule has 2 aromatic rings. The molecule has 6 heteroatoms. The summed E-state index contributed by atoms with van der Waals surface area (Å²) in [6.45, 7) is 6.84. The first kappa shape index (κ1) is 19.6. The highest BCUT2D eigenvalue weighted by Crippen LogP contribution is 2.09. The quantitative estimate of drug-likeness (QED) is 0.791. The number of hydrogen-bond donors (Lipinski definition) is 1. The van der Waals surface area contributed by atoms with E-state index in [0.717, 1.165) is 5.56 Å². The molecule has 1 aromatic carbocycles. The van der Waals surface area contributed by atoms with Crippen molar-refractivity contribution in [1.29, 1.82) is 0 Å². The summed E-state index contributed by atoms with van der Waals surface area (Å²) in [6.07, 6.45) is 4.71. The Hall–Kier alpha value is -2.76. The summed E-state index contributed by atoms with van der Waals surface area (Å²) < 4.78 is 0. The number of nitrogens with one attached hydrogen (secondary N) is 1. The second kappa shape index (κ2) is 9.65. The number of carbonyl (C=O) groups is 2. The Balaban J connectivity index is 2.05. The lowest BCUT2D eigenvalue weighted by atomic mass is 10.1. The largest absolute Gasteiger partial charge is 0.353 e. The van der Waals surface area contributed by atoms with Gasteiger partial charge in [0.1, 0.15) is 5.69 Å². The van der Waals surface area contributed by atoms with Gasteiger partial charge in [-0.25, -0.2) is 4.98 Å². The lowest BCUT2D eigenvalue weighted by Gasteiger charge is -2.23. The molecule has 0 aliphatic carbocycles. The first-order valence-corrected chi connectivity index (χ1v) is 8.86. The Morgan fingerprint density at radius 2 is 1.85 bits per heavy atom. The van der Waals surface area contributed by atoms with E-state index in [0.29, 0.717) is 19.0 Å². The van der Waals surface area contributed by atoms with Crippen molar-refractivity contribution in [2.75, 3.05) is 6.54 Å². The van der Waals surface area contributed by atoms with Gasteiger partial charge in [-0.3, -0.25) is 14.6 Å². The molecule has 1 aromatic heterocycles. The monoisotopic (exact) mass is 354 g/mol. The fourth-order valence-corrected chi connectivity index (χ4v) is 2.36. The smallest absolute Gasteiger partial charge is 0.274 e. The van der Waals surface area contributed by atoms with Crippen molar-refractivity contribution < 1.29 is 9.59 Å². The summed E-state index contributed by atoms with van der Waals surface area (Å²) in [4.78, 5) is 34.7. The molecule has 1 N–H and O–H groups in total. The second-order valence-corrected chi connectivity index (χ2v) is 6.65. The van der Waals surface area contributed by atoms with Gasteiger partial charge in [0.15, 0.2) is 0 Å². The zero-order chi connectivity index (χ0) is 18.9. The molecule has 0 saturated heterocycles. The molecular weight excluding hydrogens is 328 g/mol. The number of benzene rings is 1. The third-order valence-corrected chi connectivity index (χ3v) is 4.28. The molecule has 0 bridgehead atoms. The average Bonchev–Trinajstić information content (AvgIpc) is 2.66. The third kappa shape index (κ3) is 5.95. The van der Waals surface area contributed by atoms with E-state index in [1.807, 2.05) is 37.3 Å². The topological polar surface area (TPSA) is 75.2 Å². The van der Waals surface area contributed by atoms with Crippen molar-refractivity contribution in [3.05, 3.63) is 60.2 Å². The molecule has 1 atom stereocenters.